The monoisotopic (exact) mass is 306 g/mol. The Balaban J connectivity index is 1.68. The van der Waals surface area contributed by atoms with Crippen molar-refractivity contribution in [3.05, 3.63) is 29.7 Å². The molecule has 0 saturated heterocycles. The van der Waals surface area contributed by atoms with Crippen LogP contribution < -0.4 is 5.32 Å². The van der Waals surface area contributed by atoms with Crippen molar-refractivity contribution in [3.63, 3.8) is 0 Å². The van der Waals surface area contributed by atoms with E-state index in [-0.39, 0.29) is 24.5 Å². The maximum Gasteiger partial charge on any atom is 0.271 e. The van der Waals surface area contributed by atoms with Gasteiger partial charge >= 0.3 is 0 Å². The smallest absolute Gasteiger partial charge is 0.271 e. The number of carbonyl (C=O) groups is 1. The SMILES string of the molecule is O=C(NC1CCCCC1CO)c1csc(-c2ccoc2)n1. The van der Waals surface area contributed by atoms with E-state index in [0.717, 1.165) is 36.3 Å². The molecular weight excluding hydrogens is 288 g/mol. The second kappa shape index (κ2) is 6.41. The number of furan rings is 1. The minimum absolute atomic E-state index is 0.0512. The van der Waals surface area contributed by atoms with Crippen molar-refractivity contribution in [3.8, 4) is 10.6 Å². The zero-order valence-corrected chi connectivity index (χ0v) is 12.4. The van der Waals surface area contributed by atoms with Gasteiger partial charge in [0, 0.05) is 29.5 Å². The average Bonchev–Trinajstić information content (AvgIpc) is 3.18. The Morgan fingerprint density at radius 1 is 1.48 bits per heavy atom. The molecule has 2 aromatic heterocycles. The summed E-state index contributed by atoms with van der Waals surface area (Å²) < 4.78 is 5.03. The van der Waals surface area contributed by atoms with E-state index in [9.17, 15) is 9.90 Å². The maximum absolute atomic E-state index is 12.3. The fraction of sp³-hybridized carbons (Fsp3) is 0.467. The van der Waals surface area contributed by atoms with E-state index in [1.165, 1.54) is 11.3 Å². The molecule has 2 heterocycles. The topological polar surface area (TPSA) is 75.4 Å². The largest absolute Gasteiger partial charge is 0.472 e. The van der Waals surface area contributed by atoms with Crippen molar-refractivity contribution < 1.29 is 14.3 Å². The summed E-state index contributed by atoms with van der Waals surface area (Å²) in [6, 6.07) is 1.87. The van der Waals surface area contributed by atoms with E-state index in [2.05, 4.69) is 10.3 Å². The van der Waals surface area contributed by atoms with Crippen molar-refractivity contribution in [1.82, 2.24) is 10.3 Å². The quantitative estimate of drug-likeness (QED) is 0.910. The maximum atomic E-state index is 12.3. The highest BCUT2D eigenvalue weighted by molar-refractivity contribution is 7.13. The van der Waals surface area contributed by atoms with Crippen molar-refractivity contribution in [1.29, 1.82) is 0 Å². The van der Waals surface area contributed by atoms with Crippen molar-refractivity contribution in [2.45, 2.75) is 31.7 Å². The van der Waals surface area contributed by atoms with Crippen LogP contribution in [0.1, 0.15) is 36.2 Å². The summed E-state index contributed by atoms with van der Waals surface area (Å²) in [7, 11) is 0. The molecule has 112 valence electrons. The molecule has 2 aromatic rings. The van der Waals surface area contributed by atoms with E-state index in [4.69, 9.17) is 4.42 Å². The van der Waals surface area contributed by atoms with Crippen LogP contribution >= 0.6 is 11.3 Å². The first-order chi connectivity index (χ1) is 10.3. The molecule has 21 heavy (non-hydrogen) atoms. The highest BCUT2D eigenvalue weighted by Crippen LogP contribution is 2.26. The van der Waals surface area contributed by atoms with E-state index in [0.29, 0.717) is 5.69 Å². The van der Waals surface area contributed by atoms with Gasteiger partial charge in [-0.05, 0) is 18.9 Å². The van der Waals surface area contributed by atoms with Crippen LogP contribution in [0.15, 0.2) is 28.4 Å². The molecule has 2 N–H and O–H groups in total. The predicted molar refractivity (Wildman–Crippen MR) is 80.1 cm³/mol. The summed E-state index contributed by atoms with van der Waals surface area (Å²) in [5.41, 5.74) is 1.31. The number of nitrogens with zero attached hydrogens (tertiary/aromatic N) is 1. The van der Waals surface area contributed by atoms with Gasteiger partial charge in [-0.15, -0.1) is 11.3 Å². The normalized spacial score (nSPS) is 22.1. The number of aromatic nitrogens is 1. The van der Waals surface area contributed by atoms with Gasteiger partial charge in [0.2, 0.25) is 0 Å². The number of carbonyl (C=O) groups excluding carboxylic acids is 1. The van der Waals surface area contributed by atoms with Gasteiger partial charge in [-0.2, -0.15) is 0 Å². The van der Waals surface area contributed by atoms with E-state index < -0.39 is 0 Å². The molecule has 6 heteroatoms. The first kappa shape index (κ1) is 14.3. The molecule has 1 fully saturated rings. The number of amides is 1. The van der Waals surface area contributed by atoms with E-state index in [1.54, 1.807) is 17.9 Å². The molecule has 1 saturated carbocycles. The predicted octanol–water partition coefficient (Wildman–Crippen LogP) is 2.68. The zero-order valence-electron chi connectivity index (χ0n) is 11.6. The first-order valence-corrected chi connectivity index (χ1v) is 8.05. The second-order valence-electron chi connectivity index (χ2n) is 5.36. The Morgan fingerprint density at radius 3 is 3.10 bits per heavy atom. The lowest BCUT2D eigenvalue weighted by atomic mass is 9.85. The van der Waals surface area contributed by atoms with Gasteiger partial charge in [0.25, 0.3) is 5.91 Å². The van der Waals surface area contributed by atoms with Crippen LogP contribution in [0.25, 0.3) is 10.6 Å². The Kier molecular flexibility index (Phi) is 4.36. The lowest BCUT2D eigenvalue weighted by molar-refractivity contribution is 0.0868. The number of nitrogens with one attached hydrogen (secondary N) is 1. The van der Waals surface area contributed by atoms with Gasteiger partial charge in [-0.25, -0.2) is 4.98 Å². The van der Waals surface area contributed by atoms with Crippen LogP contribution in [0.3, 0.4) is 0 Å². The number of aliphatic hydroxyl groups is 1. The lowest BCUT2D eigenvalue weighted by Crippen LogP contribution is -2.43. The fourth-order valence-electron chi connectivity index (χ4n) is 2.76. The summed E-state index contributed by atoms with van der Waals surface area (Å²) in [5, 5.41) is 14.9. The lowest BCUT2D eigenvalue weighted by Gasteiger charge is -2.30. The van der Waals surface area contributed by atoms with Crippen LogP contribution in [0.2, 0.25) is 0 Å². The van der Waals surface area contributed by atoms with Crippen molar-refractivity contribution >= 4 is 17.2 Å². The molecule has 0 aliphatic heterocycles. The molecule has 0 spiro atoms. The molecule has 3 rings (SSSR count). The summed E-state index contributed by atoms with van der Waals surface area (Å²) in [5.74, 6) is 0.000949. The number of rotatable bonds is 4. The Morgan fingerprint density at radius 2 is 2.33 bits per heavy atom. The minimum atomic E-state index is -0.161. The molecule has 2 atom stereocenters. The molecule has 1 amide bonds. The summed E-state index contributed by atoms with van der Waals surface area (Å²) in [4.78, 5) is 16.6. The average molecular weight is 306 g/mol. The molecule has 0 aromatic carbocycles. The minimum Gasteiger partial charge on any atom is -0.472 e. The molecule has 1 aliphatic rings. The number of hydrogen-bond donors (Lipinski definition) is 2. The Hall–Kier alpha value is -1.66. The summed E-state index contributed by atoms with van der Waals surface area (Å²) in [6.45, 7) is 0.127. The number of hydrogen-bond acceptors (Lipinski definition) is 5. The van der Waals surface area contributed by atoms with Crippen LogP contribution in [-0.2, 0) is 0 Å². The van der Waals surface area contributed by atoms with E-state index >= 15 is 0 Å². The third kappa shape index (κ3) is 3.16. The second-order valence-corrected chi connectivity index (χ2v) is 6.22. The molecule has 2 unspecified atom stereocenters. The number of aliphatic hydroxyl groups excluding tert-OH is 1. The van der Waals surface area contributed by atoms with Crippen molar-refractivity contribution in [2.24, 2.45) is 5.92 Å². The Bertz CT molecular complexity index is 594. The number of thiazole rings is 1. The van der Waals surface area contributed by atoms with Gasteiger partial charge in [0.05, 0.1) is 6.26 Å². The molecule has 0 bridgehead atoms. The van der Waals surface area contributed by atoms with Gasteiger partial charge in [0.1, 0.15) is 17.0 Å². The van der Waals surface area contributed by atoms with Gasteiger partial charge < -0.3 is 14.8 Å². The van der Waals surface area contributed by atoms with Crippen molar-refractivity contribution in [2.75, 3.05) is 6.61 Å². The molecule has 1 aliphatic carbocycles. The molecule has 0 radical (unpaired) electrons. The third-order valence-electron chi connectivity index (χ3n) is 3.97. The first-order valence-electron chi connectivity index (χ1n) is 7.17. The van der Waals surface area contributed by atoms with Crippen LogP contribution in [0.4, 0.5) is 0 Å². The van der Waals surface area contributed by atoms with Gasteiger partial charge in [0.15, 0.2) is 0 Å². The fourth-order valence-corrected chi connectivity index (χ4v) is 3.54. The van der Waals surface area contributed by atoms with E-state index in [1.807, 2.05) is 6.07 Å². The summed E-state index contributed by atoms with van der Waals surface area (Å²) >= 11 is 1.42. The highest BCUT2D eigenvalue weighted by atomic mass is 32.1. The van der Waals surface area contributed by atoms with Crippen LogP contribution in [-0.4, -0.2) is 28.6 Å². The molecule has 5 nitrogen and oxygen atoms in total. The Labute approximate surface area is 127 Å². The van der Waals surface area contributed by atoms with Crippen LogP contribution in [0, 0.1) is 5.92 Å². The van der Waals surface area contributed by atoms with Gasteiger partial charge in [-0.1, -0.05) is 12.8 Å². The third-order valence-corrected chi connectivity index (χ3v) is 4.86. The van der Waals surface area contributed by atoms with Gasteiger partial charge in [-0.3, -0.25) is 4.79 Å². The standard InChI is InChI=1S/C15H18N2O3S/c18-7-10-3-1-2-4-12(10)16-14(19)13-9-21-15(17-13)11-5-6-20-8-11/h5-6,8-10,12,18H,1-4,7H2,(H,16,19). The molecular formula is C15H18N2O3S. The highest BCUT2D eigenvalue weighted by Gasteiger charge is 2.26. The zero-order chi connectivity index (χ0) is 14.7. The summed E-state index contributed by atoms with van der Waals surface area (Å²) in [6.07, 6.45) is 7.32. The van der Waals surface area contributed by atoms with Crippen LogP contribution in [0.5, 0.6) is 0 Å².